The van der Waals surface area contributed by atoms with E-state index in [4.69, 9.17) is 10.00 Å². The van der Waals surface area contributed by atoms with E-state index in [1.807, 2.05) is 6.07 Å². The first-order valence-electron chi connectivity index (χ1n) is 5.55. The second kappa shape index (κ2) is 4.88. The third-order valence-corrected chi connectivity index (χ3v) is 2.45. The van der Waals surface area contributed by atoms with Gasteiger partial charge in [0.2, 0.25) is 0 Å². The van der Waals surface area contributed by atoms with Crippen molar-refractivity contribution in [2.24, 2.45) is 0 Å². The second-order valence-electron chi connectivity index (χ2n) is 3.74. The molecule has 0 unspecified atom stereocenters. The standard InChI is InChI=1S/C13H12FN3O/c1-3-18-12-5-4-9(6-10(12)14)13-11(7-15)16-8(2)17-13/h4-6H,3H2,1-2H3,(H,16,17). The summed E-state index contributed by atoms with van der Waals surface area (Å²) in [4.78, 5) is 6.97. The van der Waals surface area contributed by atoms with Crippen LogP contribution in [-0.2, 0) is 0 Å². The molecule has 2 aromatic rings. The number of aromatic nitrogens is 2. The Kier molecular flexibility index (Phi) is 3.28. The minimum Gasteiger partial charge on any atom is -0.491 e. The van der Waals surface area contributed by atoms with Crippen molar-refractivity contribution in [3.63, 3.8) is 0 Å². The second-order valence-corrected chi connectivity index (χ2v) is 3.74. The first-order chi connectivity index (χ1) is 8.65. The van der Waals surface area contributed by atoms with Gasteiger partial charge in [0.15, 0.2) is 17.3 Å². The maximum atomic E-state index is 13.7. The van der Waals surface area contributed by atoms with Gasteiger partial charge in [-0.15, -0.1) is 0 Å². The number of nitriles is 1. The predicted octanol–water partition coefficient (Wildman–Crippen LogP) is 2.79. The molecule has 1 aromatic carbocycles. The fourth-order valence-corrected chi connectivity index (χ4v) is 1.71. The van der Waals surface area contributed by atoms with Gasteiger partial charge in [-0.3, -0.25) is 0 Å². The smallest absolute Gasteiger partial charge is 0.166 e. The van der Waals surface area contributed by atoms with E-state index in [9.17, 15) is 4.39 Å². The number of halogens is 1. The first-order valence-corrected chi connectivity index (χ1v) is 5.55. The zero-order valence-corrected chi connectivity index (χ0v) is 10.1. The summed E-state index contributed by atoms with van der Waals surface area (Å²) in [6, 6.07) is 6.55. The molecule has 92 valence electrons. The number of rotatable bonds is 3. The normalized spacial score (nSPS) is 10.1. The van der Waals surface area contributed by atoms with Crippen LogP contribution < -0.4 is 4.74 Å². The summed E-state index contributed by atoms with van der Waals surface area (Å²) in [7, 11) is 0. The molecule has 5 heteroatoms. The monoisotopic (exact) mass is 245 g/mol. The summed E-state index contributed by atoms with van der Waals surface area (Å²) in [5.41, 5.74) is 1.36. The lowest BCUT2D eigenvalue weighted by Crippen LogP contribution is -1.95. The molecule has 0 aliphatic carbocycles. The maximum Gasteiger partial charge on any atom is 0.166 e. The zero-order valence-electron chi connectivity index (χ0n) is 10.1. The Bertz CT molecular complexity index is 613. The van der Waals surface area contributed by atoms with E-state index in [0.717, 1.165) is 0 Å². The van der Waals surface area contributed by atoms with Crippen LogP contribution >= 0.6 is 0 Å². The zero-order chi connectivity index (χ0) is 13.1. The van der Waals surface area contributed by atoms with Crippen LogP contribution in [0.5, 0.6) is 5.75 Å². The fourth-order valence-electron chi connectivity index (χ4n) is 1.71. The SMILES string of the molecule is CCOc1ccc(-c2[nH]c(C)nc2C#N)cc1F. The highest BCUT2D eigenvalue weighted by Crippen LogP contribution is 2.26. The van der Waals surface area contributed by atoms with Gasteiger partial charge < -0.3 is 9.72 Å². The van der Waals surface area contributed by atoms with Gasteiger partial charge >= 0.3 is 0 Å². The molecule has 1 heterocycles. The molecule has 0 saturated heterocycles. The summed E-state index contributed by atoms with van der Waals surface area (Å²) in [5.74, 6) is 0.373. The van der Waals surface area contributed by atoms with Crippen molar-refractivity contribution in [3.05, 3.63) is 35.5 Å². The Labute approximate surface area is 104 Å². The molecule has 1 aromatic heterocycles. The van der Waals surface area contributed by atoms with Crippen LogP contribution in [0.2, 0.25) is 0 Å². The lowest BCUT2D eigenvalue weighted by atomic mass is 10.1. The van der Waals surface area contributed by atoms with E-state index in [1.54, 1.807) is 26.0 Å². The summed E-state index contributed by atoms with van der Waals surface area (Å²) >= 11 is 0. The Balaban J connectivity index is 2.46. The minimum absolute atomic E-state index is 0.205. The minimum atomic E-state index is -0.453. The van der Waals surface area contributed by atoms with Gasteiger partial charge in [-0.2, -0.15) is 5.26 Å². The predicted molar refractivity (Wildman–Crippen MR) is 64.6 cm³/mol. The Morgan fingerprint density at radius 2 is 2.28 bits per heavy atom. The van der Waals surface area contributed by atoms with Crippen molar-refractivity contribution in [1.29, 1.82) is 5.26 Å². The Morgan fingerprint density at radius 3 is 2.89 bits per heavy atom. The summed E-state index contributed by atoms with van der Waals surface area (Å²) in [6.07, 6.45) is 0. The van der Waals surface area contributed by atoms with Gasteiger partial charge in [0.05, 0.1) is 12.3 Å². The summed E-state index contributed by atoms with van der Waals surface area (Å²) in [5, 5.41) is 8.95. The molecule has 0 aliphatic heterocycles. The number of aryl methyl sites for hydroxylation is 1. The molecule has 0 atom stereocenters. The average molecular weight is 245 g/mol. The number of hydrogen-bond donors (Lipinski definition) is 1. The number of nitrogens with one attached hydrogen (secondary N) is 1. The highest BCUT2D eigenvalue weighted by atomic mass is 19.1. The van der Waals surface area contributed by atoms with E-state index in [0.29, 0.717) is 23.7 Å². The van der Waals surface area contributed by atoms with Crippen molar-refractivity contribution in [2.45, 2.75) is 13.8 Å². The third-order valence-electron chi connectivity index (χ3n) is 2.45. The van der Waals surface area contributed by atoms with Gasteiger partial charge in [-0.05, 0) is 32.0 Å². The molecular weight excluding hydrogens is 233 g/mol. The molecule has 0 bridgehead atoms. The molecule has 0 spiro atoms. The number of nitrogens with zero attached hydrogens (tertiary/aromatic N) is 2. The number of H-pyrrole nitrogens is 1. The van der Waals surface area contributed by atoms with Crippen molar-refractivity contribution in [2.75, 3.05) is 6.61 Å². The Hall–Kier alpha value is -2.35. The lowest BCUT2D eigenvalue weighted by Gasteiger charge is -2.05. The quantitative estimate of drug-likeness (QED) is 0.904. The maximum absolute atomic E-state index is 13.7. The van der Waals surface area contributed by atoms with Gasteiger partial charge in [0.1, 0.15) is 11.9 Å². The van der Waals surface area contributed by atoms with Crippen LogP contribution in [-0.4, -0.2) is 16.6 Å². The largest absolute Gasteiger partial charge is 0.491 e. The third kappa shape index (κ3) is 2.18. The van der Waals surface area contributed by atoms with Crippen LogP contribution in [0.25, 0.3) is 11.3 Å². The number of ether oxygens (including phenoxy) is 1. The Morgan fingerprint density at radius 1 is 1.50 bits per heavy atom. The van der Waals surface area contributed by atoms with E-state index in [-0.39, 0.29) is 11.4 Å². The molecule has 0 fully saturated rings. The molecule has 18 heavy (non-hydrogen) atoms. The van der Waals surface area contributed by atoms with Gasteiger partial charge in [-0.1, -0.05) is 0 Å². The molecule has 0 aliphatic rings. The molecule has 0 saturated carbocycles. The highest BCUT2D eigenvalue weighted by Gasteiger charge is 2.12. The van der Waals surface area contributed by atoms with Gasteiger partial charge in [0.25, 0.3) is 0 Å². The highest BCUT2D eigenvalue weighted by molar-refractivity contribution is 5.66. The van der Waals surface area contributed by atoms with Crippen LogP contribution in [0.3, 0.4) is 0 Å². The van der Waals surface area contributed by atoms with Crippen LogP contribution in [0, 0.1) is 24.1 Å². The molecule has 2 rings (SSSR count). The molecule has 0 amide bonds. The van der Waals surface area contributed by atoms with Crippen molar-refractivity contribution in [1.82, 2.24) is 9.97 Å². The summed E-state index contributed by atoms with van der Waals surface area (Å²) < 4.78 is 18.8. The number of imidazole rings is 1. The number of benzene rings is 1. The summed E-state index contributed by atoms with van der Waals surface area (Å²) in [6.45, 7) is 3.94. The molecular formula is C13H12FN3O. The van der Waals surface area contributed by atoms with E-state index >= 15 is 0 Å². The van der Waals surface area contributed by atoms with Gasteiger partial charge in [0, 0.05) is 5.56 Å². The van der Waals surface area contributed by atoms with E-state index < -0.39 is 5.82 Å². The van der Waals surface area contributed by atoms with E-state index in [2.05, 4.69) is 9.97 Å². The fraction of sp³-hybridized carbons (Fsp3) is 0.231. The van der Waals surface area contributed by atoms with Gasteiger partial charge in [-0.25, -0.2) is 9.37 Å². The van der Waals surface area contributed by atoms with Crippen LogP contribution in [0.4, 0.5) is 4.39 Å². The van der Waals surface area contributed by atoms with Crippen LogP contribution in [0.15, 0.2) is 18.2 Å². The van der Waals surface area contributed by atoms with Crippen LogP contribution in [0.1, 0.15) is 18.4 Å². The first kappa shape index (κ1) is 12.1. The average Bonchev–Trinajstić information content (AvgIpc) is 2.73. The van der Waals surface area contributed by atoms with Crippen molar-refractivity contribution < 1.29 is 9.13 Å². The number of hydrogen-bond acceptors (Lipinski definition) is 3. The molecule has 1 N–H and O–H groups in total. The number of aromatic amines is 1. The molecule has 4 nitrogen and oxygen atoms in total. The topological polar surface area (TPSA) is 61.7 Å². The van der Waals surface area contributed by atoms with Crippen molar-refractivity contribution in [3.8, 4) is 23.1 Å². The van der Waals surface area contributed by atoms with Crippen molar-refractivity contribution >= 4 is 0 Å². The molecule has 0 radical (unpaired) electrons. The van der Waals surface area contributed by atoms with E-state index in [1.165, 1.54) is 6.07 Å². The lowest BCUT2D eigenvalue weighted by molar-refractivity contribution is 0.321.